The second kappa shape index (κ2) is 10.5. The van der Waals surface area contributed by atoms with Crippen molar-refractivity contribution >= 4 is 45.3 Å². The van der Waals surface area contributed by atoms with Crippen LogP contribution in [0.1, 0.15) is 20.7 Å². The number of hydrogen-bond acceptors (Lipinski definition) is 8. The lowest BCUT2D eigenvalue weighted by molar-refractivity contribution is -0.383. The Kier molecular flexibility index (Phi) is 7.05. The van der Waals surface area contributed by atoms with Crippen LogP contribution in [0, 0.1) is 10.1 Å². The predicted octanol–water partition coefficient (Wildman–Crippen LogP) is 5.49. The second-order valence-corrected chi connectivity index (χ2v) is 7.74. The number of nitro groups is 1. The maximum absolute atomic E-state index is 13.1. The highest BCUT2D eigenvalue weighted by Crippen LogP contribution is 2.41. The Hall–Kier alpha value is -5.32. The molecule has 0 atom stereocenters. The monoisotopic (exact) mass is 499 g/mol. The molecular weight excluding hydrogens is 478 g/mol. The van der Waals surface area contributed by atoms with Gasteiger partial charge in [0, 0.05) is 24.1 Å². The van der Waals surface area contributed by atoms with Crippen LogP contribution in [0.15, 0.2) is 83.0 Å². The molecule has 11 heteroatoms. The van der Waals surface area contributed by atoms with Crippen LogP contribution in [-0.4, -0.2) is 36.0 Å². The smallest absolute Gasteiger partial charge is 0.292 e. The zero-order valence-electron chi connectivity index (χ0n) is 19.8. The molecule has 0 aliphatic heterocycles. The number of nitrogens with zero attached hydrogens (tertiary/aromatic N) is 3. The van der Waals surface area contributed by atoms with Gasteiger partial charge in [0.2, 0.25) is 0 Å². The van der Waals surface area contributed by atoms with Gasteiger partial charge in [-0.1, -0.05) is 36.4 Å². The number of aromatic hydroxyl groups is 1. The number of methoxy groups -OCH3 is 1. The van der Waals surface area contributed by atoms with Gasteiger partial charge in [0.15, 0.2) is 5.75 Å². The number of nitrogens with one attached hydrogen (secondary N) is 2. The summed E-state index contributed by atoms with van der Waals surface area (Å²) >= 11 is 0. The van der Waals surface area contributed by atoms with E-state index in [-0.39, 0.29) is 34.2 Å². The molecule has 4 aromatic rings. The van der Waals surface area contributed by atoms with Crippen LogP contribution in [-0.2, 0) is 0 Å². The maximum atomic E-state index is 13.1. The largest absolute Gasteiger partial charge is 0.505 e. The summed E-state index contributed by atoms with van der Waals surface area (Å²) in [5, 5.41) is 36.9. The number of benzene rings is 4. The lowest BCUT2D eigenvalue weighted by Gasteiger charge is -2.11. The summed E-state index contributed by atoms with van der Waals surface area (Å²) in [6.07, 6.45) is 0. The lowest BCUT2D eigenvalue weighted by atomic mass is 10.0. The normalized spacial score (nSPS) is 10.9. The van der Waals surface area contributed by atoms with E-state index in [1.54, 1.807) is 42.5 Å². The van der Waals surface area contributed by atoms with Gasteiger partial charge in [-0.3, -0.25) is 19.7 Å². The molecule has 0 unspecified atom stereocenters. The second-order valence-electron chi connectivity index (χ2n) is 7.74. The van der Waals surface area contributed by atoms with Crippen molar-refractivity contribution in [1.29, 1.82) is 0 Å². The molecule has 0 saturated heterocycles. The van der Waals surface area contributed by atoms with Crippen molar-refractivity contribution in [2.45, 2.75) is 0 Å². The quantitative estimate of drug-likeness (QED) is 0.173. The fourth-order valence-electron chi connectivity index (χ4n) is 3.68. The van der Waals surface area contributed by atoms with Crippen LogP contribution < -0.4 is 15.4 Å². The van der Waals surface area contributed by atoms with Crippen LogP contribution in [0.4, 0.5) is 22.7 Å². The number of rotatable bonds is 7. The minimum absolute atomic E-state index is 0.00166. The number of nitro benzene ring substituents is 1. The number of phenolic OH excluding ortho intramolecular Hbond substituents is 1. The molecule has 0 aliphatic carbocycles. The fraction of sp³-hybridized carbons (Fsp3) is 0.0769. The summed E-state index contributed by atoms with van der Waals surface area (Å²) in [7, 11) is 2.94. The van der Waals surface area contributed by atoms with E-state index < -0.39 is 16.6 Å². The van der Waals surface area contributed by atoms with E-state index in [9.17, 15) is 24.8 Å². The molecule has 0 aliphatic rings. The predicted molar refractivity (Wildman–Crippen MR) is 137 cm³/mol. The molecule has 37 heavy (non-hydrogen) atoms. The summed E-state index contributed by atoms with van der Waals surface area (Å²) in [6, 6.07) is 18.7. The average Bonchev–Trinajstić information content (AvgIpc) is 2.91. The van der Waals surface area contributed by atoms with Gasteiger partial charge in [0.05, 0.1) is 17.6 Å². The molecule has 0 fully saturated rings. The summed E-state index contributed by atoms with van der Waals surface area (Å²) < 4.78 is 5.31. The molecule has 0 saturated carbocycles. The van der Waals surface area contributed by atoms with Crippen LogP contribution in [0.2, 0.25) is 0 Å². The third kappa shape index (κ3) is 5.05. The first kappa shape index (κ1) is 24.8. The van der Waals surface area contributed by atoms with E-state index in [0.29, 0.717) is 22.1 Å². The molecule has 2 amide bonds. The fourth-order valence-corrected chi connectivity index (χ4v) is 3.68. The molecule has 0 heterocycles. The number of phenols is 1. The Morgan fingerprint density at radius 2 is 1.70 bits per heavy atom. The first-order valence-corrected chi connectivity index (χ1v) is 11.0. The molecule has 4 aromatic carbocycles. The molecule has 3 N–H and O–H groups in total. The van der Waals surface area contributed by atoms with Gasteiger partial charge < -0.3 is 20.5 Å². The summed E-state index contributed by atoms with van der Waals surface area (Å²) in [5.74, 6) is -1.24. The van der Waals surface area contributed by atoms with Gasteiger partial charge in [0.1, 0.15) is 22.8 Å². The van der Waals surface area contributed by atoms with Crippen molar-refractivity contribution in [2.24, 2.45) is 10.2 Å². The first-order chi connectivity index (χ1) is 17.8. The molecule has 186 valence electrons. The molecule has 4 rings (SSSR count). The van der Waals surface area contributed by atoms with Crippen molar-refractivity contribution in [3.63, 3.8) is 0 Å². The van der Waals surface area contributed by atoms with Crippen LogP contribution in [0.5, 0.6) is 11.5 Å². The first-order valence-electron chi connectivity index (χ1n) is 11.0. The van der Waals surface area contributed by atoms with Gasteiger partial charge in [-0.05, 0) is 35.7 Å². The van der Waals surface area contributed by atoms with Gasteiger partial charge in [-0.2, -0.15) is 0 Å². The zero-order valence-corrected chi connectivity index (χ0v) is 19.8. The Balaban J connectivity index is 1.80. The highest BCUT2D eigenvalue weighted by molar-refractivity contribution is 6.12. The minimum Gasteiger partial charge on any atom is -0.505 e. The number of fused-ring (bicyclic) bond motifs is 1. The molecule has 0 aromatic heterocycles. The van der Waals surface area contributed by atoms with Crippen molar-refractivity contribution in [3.8, 4) is 11.5 Å². The van der Waals surface area contributed by atoms with Crippen molar-refractivity contribution < 1.29 is 24.4 Å². The SMILES string of the molecule is CNC(=O)c1ccc(OC)c(/N=N/c2c(O)c(C(=O)Nc3ccccc3[N+](=O)[O-])cc3ccccc23)c1. The third-order valence-corrected chi connectivity index (χ3v) is 5.51. The standard InChI is InChI=1S/C26H21N5O6/c1-27-25(33)16-11-12-22(37-2)20(14-16)29-30-23-17-8-4-3-7-15(17)13-18(24(23)32)26(34)28-19-9-5-6-10-21(19)31(35)36/h3-14,32H,1-2H3,(H,27,33)(H,28,34)/b30-29+. The highest BCUT2D eigenvalue weighted by Gasteiger charge is 2.21. The number of ether oxygens (including phenoxy) is 1. The highest BCUT2D eigenvalue weighted by atomic mass is 16.6. The Bertz CT molecular complexity index is 1570. The lowest BCUT2D eigenvalue weighted by Crippen LogP contribution is -2.17. The zero-order chi connectivity index (χ0) is 26.5. The average molecular weight is 499 g/mol. The van der Waals surface area contributed by atoms with Crippen molar-refractivity contribution in [3.05, 3.63) is 94.0 Å². The van der Waals surface area contributed by atoms with E-state index in [4.69, 9.17) is 4.74 Å². The topological polar surface area (TPSA) is 156 Å². The molecular formula is C26H21N5O6. The summed E-state index contributed by atoms with van der Waals surface area (Å²) in [5.41, 5.74) is 0.0731. The minimum atomic E-state index is -0.770. The maximum Gasteiger partial charge on any atom is 0.292 e. The number of amides is 2. The third-order valence-electron chi connectivity index (χ3n) is 5.51. The molecule has 11 nitrogen and oxygen atoms in total. The molecule has 0 bridgehead atoms. The Labute approximate surface area is 210 Å². The molecule has 0 radical (unpaired) electrons. The molecule has 0 spiro atoms. The summed E-state index contributed by atoms with van der Waals surface area (Å²) in [4.78, 5) is 35.9. The number of carbonyl (C=O) groups is 2. The Morgan fingerprint density at radius 1 is 0.973 bits per heavy atom. The van der Waals surface area contributed by atoms with E-state index in [2.05, 4.69) is 20.9 Å². The summed E-state index contributed by atoms with van der Waals surface area (Å²) in [6.45, 7) is 0. The van der Waals surface area contributed by atoms with Crippen LogP contribution >= 0.6 is 0 Å². The number of azo groups is 1. The van der Waals surface area contributed by atoms with Gasteiger partial charge in [-0.25, -0.2) is 0 Å². The number of carbonyl (C=O) groups excluding carboxylic acids is 2. The number of para-hydroxylation sites is 2. The Morgan fingerprint density at radius 3 is 2.43 bits per heavy atom. The van der Waals surface area contributed by atoms with Gasteiger partial charge in [0.25, 0.3) is 17.5 Å². The van der Waals surface area contributed by atoms with E-state index >= 15 is 0 Å². The number of anilines is 1. The van der Waals surface area contributed by atoms with Crippen LogP contribution in [0.25, 0.3) is 10.8 Å². The van der Waals surface area contributed by atoms with Crippen molar-refractivity contribution in [1.82, 2.24) is 5.32 Å². The van der Waals surface area contributed by atoms with E-state index in [0.717, 1.165) is 0 Å². The van der Waals surface area contributed by atoms with Crippen molar-refractivity contribution in [2.75, 3.05) is 19.5 Å². The van der Waals surface area contributed by atoms with Gasteiger partial charge in [-0.15, -0.1) is 10.2 Å². The van der Waals surface area contributed by atoms with Gasteiger partial charge >= 0.3 is 0 Å². The van der Waals surface area contributed by atoms with E-state index in [1.165, 1.54) is 44.5 Å². The van der Waals surface area contributed by atoms with Crippen LogP contribution in [0.3, 0.4) is 0 Å². The number of hydrogen-bond donors (Lipinski definition) is 3. The van der Waals surface area contributed by atoms with E-state index in [1.807, 2.05) is 0 Å².